The molecule has 1 saturated carbocycles. The average Bonchev–Trinajstić information content (AvgIpc) is 3.12. The number of pyridine rings is 1. The number of aromatic nitrogens is 1. The van der Waals surface area contributed by atoms with Crippen molar-refractivity contribution in [1.29, 1.82) is 0 Å². The molecule has 32 heavy (non-hydrogen) atoms. The lowest BCUT2D eigenvalue weighted by molar-refractivity contribution is -0.133. The highest BCUT2D eigenvalue weighted by Crippen LogP contribution is 2.38. The van der Waals surface area contributed by atoms with Gasteiger partial charge in [-0.15, -0.1) is 0 Å². The van der Waals surface area contributed by atoms with Crippen LogP contribution in [0.15, 0.2) is 42.6 Å². The summed E-state index contributed by atoms with van der Waals surface area (Å²) in [6.45, 7) is 5.48. The van der Waals surface area contributed by atoms with E-state index in [1.807, 2.05) is 42.2 Å². The smallest absolute Gasteiger partial charge is 0.260 e. The molecule has 6 heteroatoms. The highest BCUT2D eigenvalue weighted by atomic mass is 16.2. The molecule has 1 aromatic carbocycles. The summed E-state index contributed by atoms with van der Waals surface area (Å²) in [6, 6.07) is 11.9. The van der Waals surface area contributed by atoms with E-state index in [9.17, 15) is 9.59 Å². The number of fused-ring (bicyclic) bond motifs is 1. The fourth-order valence-corrected chi connectivity index (χ4v) is 5.53. The number of carbonyl (C=O) groups excluding carboxylic acids is 2. The van der Waals surface area contributed by atoms with Gasteiger partial charge in [0.1, 0.15) is 0 Å². The van der Waals surface area contributed by atoms with Gasteiger partial charge in [0, 0.05) is 44.1 Å². The van der Waals surface area contributed by atoms with Crippen LogP contribution in [-0.4, -0.2) is 58.8 Å². The molecule has 2 amide bonds. The number of aryl methyl sites for hydroxylation is 1. The normalized spacial score (nSPS) is 22.3. The Kier molecular flexibility index (Phi) is 5.96. The molecule has 3 heterocycles. The Hall–Kier alpha value is -2.73. The second-order valence-corrected chi connectivity index (χ2v) is 9.38. The van der Waals surface area contributed by atoms with Crippen molar-refractivity contribution in [3.63, 3.8) is 0 Å². The number of hydrogen-bond acceptors (Lipinski definition) is 4. The first-order chi connectivity index (χ1) is 15.6. The Labute approximate surface area is 190 Å². The maximum atomic E-state index is 13.3. The van der Waals surface area contributed by atoms with Gasteiger partial charge in [0.25, 0.3) is 5.91 Å². The fourth-order valence-electron chi connectivity index (χ4n) is 5.53. The van der Waals surface area contributed by atoms with Crippen molar-refractivity contribution in [3.8, 4) is 0 Å². The lowest BCUT2D eigenvalue weighted by Gasteiger charge is -2.41. The standard InChI is InChI=1S/C26H32N4O2/c1-19-9-11-21(12-10-19)30-23(25-22(26(30)32)8-5-13-27-25)18-24(31)29-16-14-28(15-17-29)20-6-3-2-4-7-20/h5,8-13,20,23H,2-4,6-7,14-18H2,1H3/t23-/m0/s1. The lowest BCUT2D eigenvalue weighted by Crippen LogP contribution is -2.52. The molecule has 6 nitrogen and oxygen atoms in total. The Bertz CT molecular complexity index is 976. The summed E-state index contributed by atoms with van der Waals surface area (Å²) in [5.74, 6) is 0.0404. The molecule has 2 aliphatic heterocycles. The number of amides is 2. The van der Waals surface area contributed by atoms with Gasteiger partial charge in [-0.2, -0.15) is 0 Å². The number of rotatable bonds is 4. The number of hydrogen-bond donors (Lipinski definition) is 0. The quantitative estimate of drug-likeness (QED) is 0.734. The van der Waals surface area contributed by atoms with Crippen molar-refractivity contribution in [2.75, 3.05) is 31.1 Å². The molecule has 0 bridgehead atoms. The maximum Gasteiger partial charge on any atom is 0.260 e. The SMILES string of the molecule is Cc1ccc(N2C(=O)c3cccnc3[C@@H]2CC(=O)N2CCN(C3CCCCC3)CC2)cc1. The van der Waals surface area contributed by atoms with Gasteiger partial charge in [-0.05, 0) is 44.0 Å². The third-order valence-corrected chi connectivity index (χ3v) is 7.35. The third kappa shape index (κ3) is 4.04. The van der Waals surface area contributed by atoms with Crippen LogP contribution in [0.1, 0.15) is 66.2 Å². The summed E-state index contributed by atoms with van der Waals surface area (Å²) in [5, 5.41) is 0. The first-order valence-electron chi connectivity index (χ1n) is 12.0. The molecule has 5 rings (SSSR count). The summed E-state index contributed by atoms with van der Waals surface area (Å²) < 4.78 is 0. The number of anilines is 1. The van der Waals surface area contributed by atoms with Gasteiger partial charge < -0.3 is 4.90 Å². The zero-order valence-electron chi connectivity index (χ0n) is 18.9. The molecular weight excluding hydrogens is 400 g/mol. The highest BCUT2D eigenvalue weighted by Gasteiger charge is 2.41. The van der Waals surface area contributed by atoms with Crippen LogP contribution in [0, 0.1) is 6.92 Å². The van der Waals surface area contributed by atoms with E-state index in [1.54, 1.807) is 17.2 Å². The summed E-state index contributed by atoms with van der Waals surface area (Å²) >= 11 is 0. The van der Waals surface area contributed by atoms with Crippen LogP contribution in [0.25, 0.3) is 0 Å². The summed E-state index contributed by atoms with van der Waals surface area (Å²) in [4.78, 5) is 37.4. The average molecular weight is 433 g/mol. The van der Waals surface area contributed by atoms with Crippen molar-refractivity contribution in [3.05, 3.63) is 59.4 Å². The molecule has 3 aliphatic rings. The minimum absolute atomic E-state index is 0.0723. The van der Waals surface area contributed by atoms with Gasteiger partial charge in [0.2, 0.25) is 5.91 Å². The lowest BCUT2D eigenvalue weighted by atomic mass is 9.94. The molecule has 2 aromatic rings. The van der Waals surface area contributed by atoms with Gasteiger partial charge in [0.15, 0.2) is 0 Å². The van der Waals surface area contributed by atoms with Crippen molar-refractivity contribution >= 4 is 17.5 Å². The van der Waals surface area contributed by atoms with E-state index >= 15 is 0 Å². The Balaban J connectivity index is 1.30. The van der Waals surface area contributed by atoms with E-state index in [-0.39, 0.29) is 24.3 Å². The number of benzene rings is 1. The number of carbonyl (C=O) groups is 2. The molecule has 1 aromatic heterocycles. The minimum Gasteiger partial charge on any atom is -0.340 e. The maximum absolute atomic E-state index is 13.3. The highest BCUT2D eigenvalue weighted by molar-refractivity contribution is 6.11. The minimum atomic E-state index is -0.356. The zero-order valence-corrected chi connectivity index (χ0v) is 18.9. The first-order valence-corrected chi connectivity index (χ1v) is 12.0. The summed E-state index contributed by atoms with van der Waals surface area (Å²) in [6.07, 6.45) is 8.61. The largest absolute Gasteiger partial charge is 0.340 e. The van der Waals surface area contributed by atoms with Gasteiger partial charge in [-0.1, -0.05) is 37.0 Å². The van der Waals surface area contributed by atoms with Crippen LogP contribution in [0.5, 0.6) is 0 Å². The number of nitrogens with zero attached hydrogens (tertiary/aromatic N) is 4. The zero-order chi connectivity index (χ0) is 22.1. The molecule has 1 saturated heterocycles. The van der Waals surface area contributed by atoms with E-state index in [2.05, 4.69) is 9.88 Å². The third-order valence-electron chi connectivity index (χ3n) is 7.35. The molecule has 0 spiro atoms. The summed E-state index contributed by atoms with van der Waals surface area (Å²) in [5.41, 5.74) is 3.28. The van der Waals surface area contributed by atoms with Crippen LogP contribution >= 0.6 is 0 Å². The Morgan fingerprint density at radius 3 is 2.44 bits per heavy atom. The van der Waals surface area contributed by atoms with Crippen molar-refractivity contribution in [2.24, 2.45) is 0 Å². The number of piperazine rings is 1. The van der Waals surface area contributed by atoms with Crippen LogP contribution in [0.4, 0.5) is 5.69 Å². The van der Waals surface area contributed by atoms with Gasteiger partial charge in [0.05, 0.1) is 23.7 Å². The first kappa shape index (κ1) is 21.1. The second-order valence-electron chi connectivity index (χ2n) is 9.38. The molecule has 0 radical (unpaired) electrons. The molecule has 1 aliphatic carbocycles. The van der Waals surface area contributed by atoms with E-state index in [1.165, 1.54) is 32.1 Å². The van der Waals surface area contributed by atoms with Crippen molar-refractivity contribution < 1.29 is 9.59 Å². The molecule has 168 valence electrons. The molecule has 0 unspecified atom stereocenters. The van der Waals surface area contributed by atoms with E-state index in [0.717, 1.165) is 37.4 Å². The van der Waals surface area contributed by atoms with Crippen molar-refractivity contribution in [1.82, 2.24) is 14.8 Å². The molecule has 0 N–H and O–H groups in total. The van der Waals surface area contributed by atoms with Crippen molar-refractivity contribution in [2.45, 2.75) is 57.5 Å². The van der Waals surface area contributed by atoms with E-state index < -0.39 is 0 Å². The predicted molar refractivity (Wildman–Crippen MR) is 125 cm³/mol. The monoisotopic (exact) mass is 432 g/mol. The Morgan fingerprint density at radius 1 is 1.00 bits per heavy atom. The van der Waals surface area contributed by atoms with E-state index in [0.29, 0.717) is 17.3 Å². The molecule has 1 atom stereocenters. The van der Waals surface area contributed by atoms with Gasteiger partial charge in [-0.3, -0.25) is 24.4 Å². The summed E-state index contributed by atoms with van der Waals surface area (Å²) in [7, 11) is 0. The topological polar surface area (TPSA) is 56.8 Å². The molecule has 2 fully saturated rings. The fraction of sp³-hybridized carbons (Fsp3) is 0.500. The van der Waals surface area contributed by atoms with Crippen LogP contribution in [0.2, 0.25) is 0 Å². The van der Waals surface area contributed by atoms with Gasteiger partial charge >= 0.3 is 0 Å². The molecular formula is C26H32N4O2. The van der Waals surface area contributed by atoms with Crippen LogP contribution in [0.3, 0.4) is 0 Å². The van der Waals surface area contributed by atoms with E-state index in [4.69, 9.17) is 0 Å². The second kappa shape index (κ2) is 9.02. The van der Waals surface area contributed by atoms with Crippen LogP contribution < -0.4 is 4.90 Å². The van der Waals surface area contributed by atoms with Gasteiger partial charge in [-0.25, -0.2) is 0 Å². The van der Waals surface area contributed by atoms with Crippen LogP contribution in [-0.2, 0) is 4.79 Å². The Morgan fingerprint density at radius 2 is 1.72 bits per heavy atom. The predicted octanol–water partition coefficient (Wildman–Crippen LogP) is 3.96.